The standard InChI is InChI=1S/C14H21O4P/c1-4-17-19(16,18-5-2)14(12(3)11-15)13-9-7-6-8-10-13/h6-12,14H,4-5H2,1-3H3. The van der Waals surface area contributed by atoms with Crippen molar-refractivity contribution in [1.29, 1.82) is 0 Å². The molecule has 0 aliphatic heterocycles. The van der Waals surface area contributed by atoms with E-state index in [4.69, 9.17) is 9.05 Å². The topological polar surface area (TPSA) is 52.6 Å². The van der Waals surface area contributed by atoms with Crippen molar-refractivity contribution in [2.45, 2.75) is 26.4 Å². The van der Waals surface area contributed by atoms with Gasteiger partial charge in [0, 0.05) is 5.92 Å². The Kier molecular flexibility index (Phi) is 6.43. The lowest BCUT2D eigenvalue weighted by Gasteiger charge is -2.28. The van der Waals surface area contributed by atoms with Gasteiger partial charge in [-0.05, 0) is 19.4 Å². The van der Waals surface area contributed by atoms with Crippen molar-refractivity contribution in [2.75, 3.05) is 13.2 Å². The minimum atomic E-state index is -3.36. The van der Waals surface area contributed by atoms with Crippen molar-refractivity contribution in [2.24, 2.45) is 5.92 Å². The summed E-state index contributed by atoms with van der Waals surface area (Å²) in [6.07, 6.45) is 0.794. The van der Waals surface area contributed by atoms with E-state index in [9.17, 15) is 9.36 Å². The molecule has 0 spiro atoms. The van der Waals surface area contributed by atoms with Crippen molar-refractivity contribution in [1.82, 2.24) is 0 Å². The van der Waals surface area contributed by atoms with Gasteiger partial charge < -0.3 is 13.8 Å². The summed E-state index contributed by atoms with van der Waals surface area (Å²) in [5.74, 6) is -0.439. The Morgan fingerprint density at radius 1 is 1.16 bits per heavy atom. The summed E-state index contributed by atoms with van der Waals surface area (Å²) in [7, 11) is -3.36. The summed E-state index contributed by atoms with van der Waals surface area (Å²) in [5.41, 5.74) is 0.235. The van der Waals surface area contributed by atoms with Crippen LogP contribution < -0.4 is 0 Å². The molecule has 2 unspecified atom stereocenters. The van der Waals surface area contributed by atoms with E-state index in [1.165, 1.54) is 0 Å². The van der Waals surface area contributed by atoms with Crippen LogP contribution in [0.25, 0.3) is 0 Å². The average molecular weight is 284 g/mol. The number of aldehydes is 1. The number of hydrogen-bond acceptors (Lipinski definition) is 4. The van der Waals surface area contributed by atoms with Crippen LogP contribution in [0.4, 0.5) is 0 Å². The third-order valence-electron chi connectivity index (χ3n) is 2.81. The summed E-state index contributed by atoms with van der Waals surface area (Å²) in [6, 6.07) is 9.26. The van der Waals surface area contributed by atoms with Gasteiger partial charge in [0.15, 0.2) is 0 Å². The van der Waals surface area contributed by atoms with Crippen molar-refractivity contribution in [3.05, 3.63) is 35.9 Å². The highest BCUT2D eigenvalue weighted by atomic mass is 31.2. The van der Waals surface area contributed by atoms with Crippen LogP contribution in [0.2, 0.25) is 0 Å². The number of carbonyl (C=O) groups excluding carboxylic acids is 1. The molecule has 5 heteroatoms. The monoisotopic (exact) mass is 284 g/mol. The molecular formula is C14H21O4P. The zero-order valence-electron chi connectivity index (χ0n) is 11.6. The number of rotatable bonds is 8. The maximum Gasteiger partial charge on any atom is 0.338 e. The Bertz CT molecular complexity index is 422. The number of benzene rings is 1. The molecule has 1 rings (SSSR count). The van der Waals surface area contributed by atoms with E-state index in [0.717, 1.165) is 11.8 Å². The lowest BCUT2D eigenvalue weighted by Crippen LogP contribution is -2.15. The predicted molar refractivity (Wildman–Crippen MR) is 75.3 cm³/mol. The van der Waals surface area contributed by atoms with Gasteiger partial charge in [-0.1, -0.05) is 37.3 Å². The summed E-state index contributed by atoms with van der Waals surface area (Å²) in [5, 5.41) is 0. The molecule has 19 heavy (non-hydrogen) atoms. The molecule has 0 heterocycles. The zero-order chi connectivity index (χ0) is 14.3. The van der Waals surface area contributed by atoms with Crippen LogP contribution in [0, 0.1) is 5.92 Å². The van der Waals surface area contributed by atoms with Gasteiger partial charge in [-0.3, -0.25) is 4.57 Å². The molecule has 0 radical (unpaired) electrons. The predicted octanol–water partition coefficient (Wildman–Crippen LogP) is 3.83. The van der Waals surface area contributed by atoms with Crippen LogP contribution in [-0.2, 0) is 18.4 Å². The van der Waals surface area contributed by atoms with E-state index in [2.05, 4.69) is 0 Å². The van der Waals surface area contributed by atoms with Gasteiger partial charge in [-0.15, -0.1) is 0 Å². The van der Waals surface area contributed by atoms with Crippen molar-refractivity contribution >= 4 is 13.9 Å². The molecule has 0 aliphatic carbocycles. The van der Waals surface area contributed by atoms with Gasteiger partial charge in [0.2, 0.25) is 0 Å². The lowest BCUT2D eigenvalue weighted by molar-refractivity contribution is -0.110. The molecule has 0 bridgehead atoms. The Hall–Kier alpha value is -0.960. The Morgan fingerprint density at radius 3 is 2.11 bits per heavy atom. The van der Waals surface area contributed by atoms with E-state index in [1.54, 1.807) is 20.8 Å². The van der Waals surface area contributed by atoms with Gasteiger partial charge in [0.25, 0.3) is 0 Å². The normalized spacial score (nSPS) is 14.9. The first-order valence-electron chi connectivity index (χ1n) is 6.48. The Balaban J connectivity index is 3.22. The van der Waals surface area contributed by atoms with E-state index in [1.807, 2.05) is 30.3 Å². The fourth-order valence-corrected chi connectivity index (χ4v) is 4.36. The van der Waals surface area contributed by atoms with Crippen LogP contribution in [0.5, 0.6) is 0 Å². The molecule has 0 saturated heterocycles. The minimum absolute atomic E-state index is 0.284. The van der Waals surface area contributed by atoms with E-state index in [0.29, 0.717) is 0 Å². The summed E-state index contributed by atoms with van der Waals surface area (Å²) in [6.45, 7) is 5.83. The smallest absolute Gasteiger partial charge is 0.308 e. The van der Waals surface area contributed by atoms with Crippen molar-refractivity contribution in [3.8, 4) is 0 Å². The van der Waals surface area contributed by atoms with Gasteiger partial charge in [0.1, 0.15) is 6.29 Å². The van der Waals surface area contributed by atoms with Crippen LogP contribution in [-0.4, -0.2) is 19.5 Å². The van der Waals surface area contributed by atoms with Crippen LogP contribution in [0.15, 0.2) is 30.3 Å². The van der Waals surface area contributed by atoms with Gasteiger partial charge in [0.05, 0.1) is 18.9 Å². The fraction of sp³-hybridized carbons (Fsp3) is 0.500. The van der Waals surface area contributed by atoms with Crippen LogP contribution >= 0.6 is 7.60 Å². The molecule has 1 aromatic rings. The molecular weight excluding hydrogens is 263 g/mol. The van der Waals surface area contributed by atoms with E-state index < -0.39 is 19.2 Å². The summed E-state index contributed by atoms with van der Waals surface area (Å²) in [4.78, 5) is 11.1. The molecule has 4 nitrogen and oxygen atoms in total. The first-order valence-corrected chi connectivity index (χ1v) is 8.09. The molecule has 1 aromatic carbocycles. The zero-order valence-corrected chi connectivity index (χ0v) is 12.5. The summed E-state index contributed by atoms with van der Waals surface area (Å²) < 4.78 is 23.7. The average Bonchev–Trinajstić information content (AvgIpc) is 2.40. The molecule has 0 saturated carbocycles. The maximum atomic E-state index is 12.9. The van der Waals surface area contributed by atoms with Crippen LogP contribution in [0.1, 0.15) is 32.0 Å². The molecule has 0 amide bonds. The molecule has 2 atom stereocenters. The second kappa shape index (κ2) is 7.59. The fourth-order valence-electron chi connectivity index (χ4n) is 2.06. The SMILES string of the molecule is CCOP(=O)(OCC)C(c1ccccc1)C(C)C=O. The Morgan fingerprint density at radius 2 is 1.68 bits per heavy atom. The molecule has 0 fully saturated rings. The highest BCUT2D eigenvalue weighted by Crippen LogP contribution is 2.63. The van der Waals surface area contributed by atoms with Gasteiger partial charge >= 0.3 is 7.60 Å². The maximum absolute atomic E-state index is 12.9. The molecule has 0 aromatic heterocycles. The molecule has 0 N–H and O–H groups in total. The van der Waals surface area contributed by atoms with Crippen molar-refractivity contribution < 1.29 is 18.4 Å². The second-order valence-electron chi connectivity index (χ2n) is 4.23. The third kappa shape index (κ3) is 4.00. The third-order valence-corrected chi connectivity index (χ3v) is 5.50. The highest BCUT2D eigenvalue weighted by molar-refractivity contribution is 7.54. The highest BCUT2D eigenvalue weighted by Gasteiger charge is 2.40. The minimum Gasteiger partial charge on any atom is -0.308 e. The quantitative estimate of drug-likeness (QED) is 0.538. The van der Waals surface area contributed by atoms with Crippen LogP contribution in [0.3, 0.4) is 0 Å². The van der Waals surface area contributed by atoms with Gasteiger partial charge in [-0.25, -0.2) is 0 Å². The summed E-state index contributed by atoms with van der Waals surface area (Å²) >= 11 is 0. The molecule has 106 valence electrons. The first-order chi connectivity index (χ1) is 9.09. The van der Waals surface area contributed by atoms with E-state index in [-0.39, 0.29) is 13.2 Å². The number of carbonyl (C=O) groups is 1. The largest absolute Gasteiger partial charge is 0.338 e. The Labute approximate surface area is 114 Å². The van der Waals surface area contributed by atoms with Crippen molar-refractivity contribution in [3.63, 3.8) is 0 Å². The van der Waals surface area contributed by atoms with Gasteiger partial charge in [-0.2, -0.15) is 0 Å². The van der Waals surface area contributed by atoms with E-state index >= 15 is 0 Å². The second-order valence-corrected chi connectivity index (χ2v) is 6.38. The molecule has 0 aliphatic rings. The lowest BCUT2D eigenvalue weighted by atomic mass is 10.0. The first kappa shape index (κ1) is 16.1. The number of hydrogen-bond donors (Lipinski definition) is 0.